The van der Waals surface area contributed by atoms with Crippen LogP contribution in [-0.2, 0) is 10.0 Å². The van der Waals surface area contributed by atoms with Crippen molar-refractivity contribution in [3.8, 4) is 12.3 Å². The number of nitrogens with one attached hydrogen (secondary N) is 1. The zero-order valence-corrected chi connectivity index (χ0v) is 10.8. The van der Waals surface area contributed by atoms with Crippen molar-refractivity contribution in [2.24, 2.45) is 0 Å². The average molecular weight is 252 g/mol. The number of nitrogen functional groups attached to an aromatic ring is 1. The first kappa shape index (κ1) is 13.6. The Morgan fingerprint density at radius 3 is 2.59 bits per heavy atom. The molecule has 0 aliphatic carbocycles. The van der Waals surface area contributed by atoms with Crippen molar-refractivity contribution in [2.75, 3.05) is 12.3 Å². The van der Waals surface area contributed by atoms with Gasteiger partial charge in [-0.3, -0.25) is 0 Å². The Hall–Kier alpha value is -1.51. The second-order valence-corrected chi connectivity index (χ2v) is 5.57. The molecule has 0 aliphatic rings. The van der Waals surface area contributed by atoms with E-state index < -0.39 is 10.0 Å². The number of nitrogens with two attached hydrogens (primary N) is 1. The molecule has 0 aliphatic heterocycles. The molecule has 0 saturated carbocycles. The van der Waals surface area contributed by atoms with E-state index in [0.717, 1.165) is 11.1 Å². The van der Waals surface area contributed by atoms with Crippen LogP contribution >= 0.6 is 0 Å². The molecular formula is C12H16N2O2S. The van der Waals surface area contributed by atoms with Crippen molar-refractivity contribution in [1.29, 1.82) is 0 Å². The van der Waals surface area contributed by atoms with Gasteiger partial charge in [0.05, 0.1) is 4.90 Å². The molecule has 0 aromatic heterocycles. The van der Waals surface area contributed by atoms with Crippen molar-refractivity contribution in [2.45, 2.75) is 25.2 Å². The van der Waals surface area contributed by atoms with E-state index in [1.54, 1.807) is 6.07 Å². The Balaban J connectivity index is 3.04. The summed E-state index contributed by atoms with van der Waals surface area (Å²) in [5.74, 6) is 2.37. The number of terminal acetylenes is 1. The minimum absolute atomic E-state index is 0.176. The van der Waals surface area contributed by atoms with Crippen LogP contribution in [-0.4, -0.2) is 15.0 Å². The van der Waals surface area contributed by atoms with E-state index in [2.05, 4.69) is 10.6 Å². The van der Waals surface area contributed by atoms with Gasteiger partial charge in [0.1, 0.15) is 0 Å². The molecule has 0 fully saturated rings. The maximum Gasteiger partial charge on any atom is 0.240 e. The molecule has 0 bridgehead atoms. The normalized spacial score (nSPS) is 11.1. The van der Waals surface area contributed by atoms with Crippen LogP contribution in [0.1, 0.15) is 17.5 Å². The quantitative estimate of drug-likeness (QED) is 0.480. The Bertz CT molecular complexity index is 533. The highest BCUT2D eigenvalue weighted by molar-refractivity contribution is 7.89. The highest BCUT2D eigenvalue weighted by Crippen LogP contribution is 2.21. The third-order valence-electron chi connectivity index (χ3n) is 2.55. The van der Waals surface area contributed by atoms with Crippen LogP contribution in [0, 0.1) is 26.2 Å². The van der Waals surface area contributed by atoms with Crippen LogP contribution in [0.2, 0.25) is 0 Å². The summed E-state index contributed by atoms with van der Waals surface area (Å²) in [6, 6.07) is 3.06. The summed E-state index contributed by atoms with van der Waals surface area (Å²) in [5, 5.41) is 0. The third-order valence-corrected chi connectivity index (χ3v) is 3.99. The lowest BCUT2D eigenvalue weighted by molar-refractivity contribution is 0.582. The second-order valence-electron chi connectivity index (χ2n) is 3.81. The molecule has 1 rings (SSSR count). The molecular weight excluding hydrogens is 236 g/mol. The molecule has 92 valence electrons. The molecule has 0 atom stereocenters. The van der Waals surface area contributed by atoms with E-state index >= 15 is 0 Å². The molecule has 1 aromatic rings. The summed E-state index contributed by atoms with van der Waals surface area (Å²) in [6.45, 7) is 3.91. The van der Waals surface area contributed by atoms with Gasteiger partial charge in [-0.25, -0.2) is 13.1 Å². The number of anilines is 1. The number of benzene rings is 1. The van der Waals surface area contributed by atoms with Gasteiger partial charge < -0.3 is 5.73 Å². The highest BCUT2D eigenvalue weighted by Gasteiger charge is 2.15. The minimum atomic E-state index is -3.52. The predicted molar refractivity (Wildman–Crippen MR) is 69.0 cm³/mol. The van der Waals surface area contributed by atoms with Gasteiger partial charge in [-0.1, -0.05) is 0 Å². The number of hydrogen-bond acceptors (Lipinski definition) is 3. The van der Waals surface area contributed by atoms with Crippen LogP contribution in [0.3, 0.4) is 0 Å². The highest BCUT2D eigenvalue weighted by atomic mass is 32.2. The number of hydrogen-bond donors (Lipinski definition) is 2. The van der Waals surface area contributed by atoms with Crippen molar-refractivity contribution < 1.29 is 8.42 Å². The van der Waals surface area contributed by atoms with Crippen LogP contribution in [0.5, 0.6) is 0 Å². The number of rotatable bonds is 4. The fourth-order valence-corrected chi connectivity index (χ4v) is 2.50. The monoisotopic (exact) mass is 252 g/mol. The van der Waals surface area contributed by atoms with E-state index in [0.29, 0.717) is 12.1 Å². The Labute approximate surface area is 102 Å². The van der Waals surface area contributed by atoms with E-state index in [-0.39, 0.29) is 11.4 Å². The fourth-order valence-electron chi connectivity index (χ4n) is 1.35. The minimum Gasteiger partial charge on any atom is -0.398 e. The number of sulfonamides is 1. The van der Waals surface area contributed by atoms with Gasteiger partial charge in [0.2, 0.25) is 10.0 Å². The molecule has 4 nitrogen and oxygen atoms in total. The molecule has 1 aromatic carbocycles. The van der Waals surface area contributed by atoms with E-state index in [9.17, 15) is 8.42 Å². The Morgan fingerprint density at radius 2 is 2.06 bits per heavy atom. The molecule has 0 spiro atoms. The van der Waals surface area contributed by atoms with E-state index in [4.69, 9.17) is 12.2 Å². The van der Waals surface area contributed by atoms with Crippen LogP contribution in [0.4, 0.5) is 5.69 Å². The lowest BCUT2D eigenvalue weighted by Gasteiger charge is -2.10. The molecule has 0 saturated heterocycles. The Kier molecular flexibility index (Phi) is 4.16. The van der Waals surface area contributed by atoms with Gasteiger partial charge >= 0.3 is 0 Å². The third kappa shape index (κ3) is 3.22. The van der Waals surface area contributed by atoms with Gasteiger partial charge in [0.25, 0.3) is 0 Å². The average Bonchev–Trinajstić information content (AvgIpc) is 2.25. The standard InChI is InChI=1S/C12H16N2O2S/c1-4-5-6-14-17(15,16)11-7-9(2)10(3)12(13)8-11/h1,7-8,14H,5-6,13H2,2-3H3. The molecule has 0 heterocycles. The van der Waals surface area contributed by atoms with Gasteiger partial charge in [0, 0.05) is 18.7 Å². The zero-order chi connectivity index (χ0) is 13.1. The van der Waals surface area contributed by atoms with Gasteiger partial charge in [-0.2, -0.15) is 0 Å². The molecule has 0 amide bonds. The first-order chi connectivity index (χ1) is 7.88. The zero-order valence-electron chi connectivity index (χ0n) is 9.95. The topological polar surface area (TPSA) is 72.2 Å². The fraction of sp³-hybridized carbons (Fsp3) is 0.333. The summed E-state index contributed by atoms with van der Waals surface area (Å²) in [6.07, 6.45) is 5.42. The first-order valence-electron chi connectivity index (χ1n) is 5.18. The summed E-state index contributed by atoms with van der Waals surface area (Å²) in [5.41, 5.74) is 7.97. The smallest absolute Gasteiger partial charge is 0.240 e. The van der Waals surface area contributed by atoms with Gasteiger partial charge in [-0.05, 0) is 37.1 Å². The van der Waals surface area contributed by atoms with Crippen molar-refractivity contribution >= 4 is 15.7 Å². The van der Waals surface area contributed by atoms with E-state index in [1.807, 2.05) is 13.8 Å². The molecule has 17 heavy (non-hydrogen) atoms. The van der Waals surface area contributed by atoms with Gasteiger partial charge in [0.15, 0.2) is 0 Å². The van der Waals surface area contributed by atoms with Crippen molar-refractivity contribution in [1.82, 2.24) is 4.72 Å². The van der Waals surface area contributed by atoms with Gasteiger partial charge in [-0.15, -0.1) is 12.3 Å². The molecule has 0 radical (unpaired) electrons. The van der Waals surface area contributed by atoms with Crippen molar-refractivity contribution in [3.05, 3.63) is 23.3 Å². The maximum absolute atomic E-state index is 11.9. The predicted octanol–water partition coefficient (Wildman–Crippen LogP) is 1.19. The van der Waals surface area contributed by atoms with Crippen LogP contribution in [0.15, 0.2) is 17.0 Å². The number of aryl methyl sites for hydroxylation is 1. The SMILES string of the molecule is C#CCCNS(=O)(=O)c1cc(C)c(C)c(N)c1. The van der Waals surface area contributed by atoms with Crippen LogP contribution in [0.25, 0.3) is 0 Å². The summed E-state index contributed by atoms with van der Waals surface area (Å²) in [7, 11) is -3.52. The second kappa shape index (κ2) is 5.21. The summed E-state index contributed by atoms with van der Waals surface area (Å²) >= 11 is 0. The Morgan fingerprint density at radius 1 is 1.41 bits per heavy atom. The lowest BCUT2D eigenvalue weighted by Crippen LogP contribution is -2.24. The maximum atomic E-state index is 11.9. The summed E-state index contributed by atoms with van der Waals surface area (Å²) < 4.78 is 26.2. The molecule has 5 heteroatoms. The molecule has 3 N–H and O–H groups in total. The van der Waals surface area contributed by atoms with Crippen molar-refractivity contribution in [3.63, 3.8) is 0 Å². The van der Waals surface area contributed by atoms with Crippen LogP contribution < -0.4 is 10.5 Å². The summed E-state index contributed by atoms with van der Waals surface area (Å²) in [4.78, 5) is 0.176. The first-order valence-corrected chi connectivity index (χ1v) is 6.66. The molecule has 0 unspecified atom stereocenters. The van der Waals surface area contributed by atoms with E-state index in [1.165, 1.54) is 6.07 Å². The largest absolute Gasteiger partial charge is 0.398 e. The lowest BCUT2D eigenvalue weighted by atomic mass is 10.1.